The Kier molecular flexibility index (Phi) is 3.95. The van der Waals surface area contributed by atoms with Gasteiger partial charge in [-0.25, -0.2) is 0 Å². The van der Waals surface area contributed by atoms with Crippen molar-refractivity contribution in [3.63, 3.8) is 0 Å². The SMILES string of the molecule is Cn1ccc(C(=O)/C=C/c2cc([N+](=O)[O-])ccc2Cl)n1. The predicted octanol–water partition coefficient (Wildman–Crippen LogP) is 2.88. The summed E-state index contributed by atoms with van der Waals surface area (Å²) in [5, 5.41) is 15.0. The molecule has 7 heteroatoms. The van der Waals surface area contributed by atoms with Crippen LogP contribution in [-0.4, -0.2) is 20.5 Å². The number of hydrogen-bond donors (Lipinski definition) is 0. The van der Waals surface area contributed by atoms with E-state index in [2.05, 4.69) is 5.10 Å². The summed E-state index contributed by atoms with van der Waals surface area (Å²) in [6, 6.07) is 5.62. The van der Waals surface area contributed by atoms with Crippen molar-refractivity contribution in [1.82, 2.24) is 9.78 Å². The molecule has 2 rings (SSSR count). The summed E-state index contributed by atoms with van der Waals surface area (Å²) in [5.74, 6) is -0.298. The summed E-state index contributed by atoms with van der Waals surface area (Å²) in [5.41, 5.74) is 0.620. The minimum absolute atomic E-state index is 0.0839. The lowest BCUT2D eigenvalue weighted by Crippen LogP contribution is -1.97. The molecule has 20 heavy (non-hydrogen) atoms. The lowest BCUT2D eigenvalue weighted by atomic mass is 10.1. The van der Waals surface area contributed by atoms with E-state index in [4.69, 9.17) is 11.6 Å². The first-order valence-corrected chi connectivity index (χ1v) is 6.01. The zero-order chi connectivity index (χ0) is 14.7. The van der Waals surface area contributed by atoms with Crippen LogP contribution < -0.4 is 0 Å². The van der Waals surface area contributed by atoms with E-state index in [0.29, 0.717) is 16.3 Å². The molecule has 0 unspecified atom stereocenters. The van der Waals surface area contributed by atoms with Crippen LogP contribution in [0.15, 0.2) is 36.5 Å². The third-order valence-electron chi connectivity index (χ3n) is 2.57. The van der Waals surface area contributed by atoms with Crippen LogP contribution in [0, 0.1) is 10.1 Å². The highest BCUT2D eigenvalue weighted by Crippen LogP contribution is 2.23. The fourth-order valence-electron chi connectivity index (χ4n) is 1.57. The highest BCUT2D eigenvalue weighted by molar-refractivity contribution is 6.32. The minimum atomic E-state index is -0.520. The number of hydrogen-bond acceptors (Lipinski definition) is 4. The second-order valence-electron chi connectivity index (χ2n) is 4.04. The smallest absolute Gasteiger partial charge is 0.270 e. The molecule has 0 amide bonds. The molecule has 1 aromatic carbocycles. The number of non-ortho nitro benzene ring substituents is 1. The number of nitrogens with zero attached hydrogens (tertiary/aromatic N) is 3. The highest BCUT2D eigenvalue weighted by atomic mass is 35.5. The average molecular weight is 292 g/mol. The van der Waals surface area contributed by atoms with Crippen molar-refractivity contribution in [2.45, 2.75) is 0 Å². The molecule has 6 nitrogen and oxygen atoms in total. The lowest BCUT2D eigenvalue weighted by Gasteiger charge is -1.98. The highest BCUT2D eigenvalue weighted by Gasteiger charge is 2.09. The van der Waals surface area contributed by atoms with Gasteiger partial charge in [0.1, 0.15) is 5.69 Å². The van der Waals surface area contributed by atoms with Gasteiger partial charge in [0.2, 0.25) is 5.78 Å². The van der Waals surface area contributed by atoms with Crippen LogP contribution in [-0.2, 0) is 7.05 Å². The monoisotopic (exact) mass is 291 g/mol. The third-order valence-corrected chi connectivity index (χ3v) is 2.91. The van der Waals surface area contributed by atoms with Gasteiger partial charge < -0.3 is 0 Å². The molecule has 0 aliphatic heterocycles. The molecule has 1 heterocycles. The van der Waals surface area contributed by atoms with Gasteiger partial charge in [0.05, 0.1) is 4.92 Å². The zero-order valence-electron chi connectivity index (χ0n) is 10.5. The van der Waals surface area contributed by atoms with Crippen molar-refractivity contribution in [3.05, 3.63) is 62.9 Å². The number of benzene rings is 1. The molecule has 102 valence electrons. The van der Waals surface area contributed by atoms with E-state index >= 15 is 0 Å². The zero-order valence-corrected chi connectivity index (χ0v) is 11.2. The number of halogens is 1. The molecule has 0 spiro atoms. The van der Waals surface area contributed by atoms with Gasteiger partial charge in [-0.3, -0.25) is 19.6 Å². The van der Waals surface area contributed by atoms with E-state index < -0.39 is 4.92 Å². The van der Waals surface area contributed by atoms with Gasteiger partial charge in [0.15, 0.2) is 0 Å². The number of rotatable bonds is 4. The van der Waals surface area contributed by atoms with Gasteiger partial charge in [-0.15, -0.1) is 0 Å². The number of nitro benzene ring substituents is 1. The van der Waals surface area contributed by atoms with Gasteiger partial charge in [0.25, 0.3) is 5.69 Å². The Balaban J connectivity index is 2.25. The Hall–Kier alpha value is -2.47. The number of carbonyl (C=O) groups is 1. The molecule has 0 N–H and O–H groups in total. The quantitative estimate of drug-likeness (QED) is 0.375. The maximum Gasteiger partial charge on any atom is 0.270 e. The molecule has 0 saturated carbocycles. The first-order chi connectivity index (χ1) is 9.47. The van der Waals surface area contributed by atoms with E-state index in [0.717, 1.165) is 0 Å². The molecule has 0 radical (unpaired) electrons. The number of carbonyl (C=O) groups excluding carboxylic acids is 1. The molecular formula is C13H10ClN3O3. The maximum absolute atomic E-state index is 11.8. The van der Waals surface area contributed by atoms with Crippen molar-refractivity contribution in [2.24, 2.45) is 7.05 Å². The van der Waals surface area contributed by atoms with Crippen LogP contribution >= 0.6 is 11.6 Å². The molecule has 1 aromatic heterocycles. The van der Waals surface area contributed by atoms with Crippen LogP contribution in [0.3, 0.4) is 0 Å². The molecule has 0 saturated heterocycles. The first-order valence-electron chi connectivity index (χ1n) is 5.63. The van der Waals surface area contributed by atoms with Gasteiger partial charge in [-0.05, 0) is 29.8 Å². The normalized spacial score (nSPS) is 10.9. The second kappa shape index (κ2) is 5.66. The molecule has 0 bridgehead atoms. The summed E-state index contributed by atoms with van der Waals surface area (Å²) < 4.78 is 1.52. The van der Waals surface area contributed by atoms with Crippen LogP contribution in [0.25, 0.3) is 6.08 Å². The summed E-state index contributed by atoms with van der Waals surface area (Å²) in [4.78, 5) is 22.0. The molecule has 0 aliphatic rings. The third kappa shape index (κ3) is 3.10. The predicted molar refractivity (Wildman–Crippen MR) is 74.7 cm³/mol. The van der Waals surface area contributed by atoms with E-state index in [1.54, 1.807) is 19.3 Å². The molecule has 0 atom stereocenters. The number of allylic oxidation sites excluding steroid dienone is 1. The summed E-state index contributed by atoms with van der Waals surface area (Å²) in [7, 11) is 1.71. The topological polar surface area (TPSA) is 78.0 Å². The van der Waals surface area contributed by atoms with Crippen molar-refractivity contribution in [1.29, 1.82) is 0 Å². The summed E-state index contributed by atoms with van der Waals surface area (Å²) >= 11 is 5.93. The van der Waals surface area contributed by atoms with Crippen molar-refractivity contribution >= 4 is 29.1 Å². The van der Waals surface area contributed by atoms with Gasteiger partial charge in [0, 0.05) is 30.4 Å². The molecule has 2 aromatic rings. The molecular weight excluding hydrogens is 282 g/mol. The van der Waals surface area contributed by atoms with E-state index in [1.807, 2.05) is 0 Å². The van der Waals surface area contributed by atoms with Crippen LogP contribution in [0.2, 0.25) is 5.02 Å². The first kappa shape index (κ1) is 14.0. The van der Waals surface area contributed by atoms with E-state index in [-0.39, 0.29) is 11.5 Å². The summed E-state index contributed by atoms with van der Waals surface area (Å²) in [6.07, 6.45) is 4.38. The van der Waals surface area contributed by atoms with Gasteiger partial charge in [-0.2, -0.15) is 5.10 Å². The Morgan fingerprint density at radius 3 is 2.80 bits per heavy atom. The van der Waals surface area contributed by atoms with Crippen molar-refractivity contribution in [3.8, 4) is 0 Å². The number of nitro groups is 1. The minimum Gasteiger partial charge on any atom is -0.287 e. The Labute approximate surface area is 119 Å². The molecule has 0 fully saturated rings. The maximum atomic E-state index is 11.8. The standard InChI is InChI=1S/C13H10ClN3O3/c1-16-7-6-12(15-16)13(18)5-2-9-8-10(17(19)20)3-4-11(9)14/h2-8H,1H3/b5-2+. The lowest BCUT2D eigenvalue weighted by molar-refractivity contribution is -0.384. The fraction of sp³-hybridized carbons (Fsp3) is 0.0769. The second-order valence-corrected chi connectivity index (χ2v) is 4.44. The largest absolute Gasteiger partial charge is 0.287 e. The Bertz CT molecular complexity index is 707. The average Bonchev–Trinajstić information content (AvgIpc) is 2.84. The van der Waals surface area contributed by atoms with Crippen LogP contribution in [0.5, 0.6) is 0 Å². The number of aryl methyl sites for hydroxylation is 1. The Morgan fingerprint density at radius 1 is 1.45 bits per heavy atom. The Morgan fingerprint density at radius 2 is 2.20 bits per heavy atom. The van der Waals surface area contributed by atoms with Crippen molar-refractivity contribution < 1.29 is 9.72 Å². The van der Waals surface area contributed by atoms with E-state index in [9.17, 15) is 14.9 Å². The molecule has 0 aliphatic carbocycles. The van der Waals surface area contributed by atoms with Crippen LogP contribution in [0.4, 0.5) is 5.69 Å². The van der Waals surface area contributed by atoms with Gasteiger partial charge in [-0.1, -0.05) is 11.6 Å². The summed E-state index contributed by atoms with van der Waals surface area (Å²) in [6.45, 7) is 0. The van der Waals surface area contributed by atoms with Gasteiger partial charge >= 0.3 is 0 Å². The number of ketones is 1. The van der Waals surface area contributed by atoms with Crippen molar-refractivity contribution in [2.75, 3.05) is 0 Å². The number of aromatic nitrogens is 2. The fourth-order valence-corrected chi connectivity index (χ4v) is 1.75. The van der Waals surface area contributed by atoms with Crippen LogP contribution in [0.1, 0.15) is 16.1 Å². The van der Waals surface area contributed by atoms with E-state index in [1.165, 1.54) is 35.0 Å².